The molecule has 0 radical (unpaired) electrons. The monoisotopic (exact) mass is 394 g/mol. The maximum absolute atomic E-state index is 12.5. The Bertz CT molecular complexity index is 757. The van der Waals surface area contributed by atoms with E-state index in [-0.39, 0.29) is 30.9 Å². The van der Waals surface area contributed by atoms with Gasteiger partial charge < -0.3 is 15.0 Å². The van der Waals surface area contributed by atoms with Crippen LogP contribution < -0.4 is 5.32 Å². The van der Waals surface area contributed by atoms with Crippen molar-refractivity contribution in [2.75, 3.05) is 24.2 Å². The second-order valence-corrected chi connectivity index (χ2v) is 8.44. The zero-order valence-corrected chi connectivity index (χ0v) is 16.5. The standard InChI is InChI=1S/C18H22N2O4S2/c1-3-24-18(23)16-12-5-4-11(2)8-13(12)26-17(16)19-14(21)9-20-6-7-25-10-15(20)22/h6-7,11H,3-5,8-10H2,1-2H3,(H,19,21). The van der Waals surface area contributed by atoms with E-state index in [4.69, 9.17) is 4.74 Å². The normalized spacial score (nSPS) is 19.2. The summed E-state index contributed by atoms with van der Waals surface area (Å²) in [6.45, 7) is 4.19. The first-order valence-electron chi connectivity index (χ1n) is 8.68. The number of ether oxygens (including phenoxy) is 1. The van der Waals surface area contributed by atoms with Gasteiger partial charge in [0.05, 0.1) is 17.9 Å². The van der Waals surface area contributed by atoms with Gasteiger partial charge in [0.2, 0.25) is 11.8 Å². The molecule has 2 heterocycles. The second kappa shape index (κ2) is 8.26. The van der Waals surface area contributed by atoms with E-state index in [1.807, 2.05) is 0 Å². The summed E-state index contributed by atoms with van der Waals surface area (Å²) >= 11 is 2.86. The molecule has 1 aliphatic carbocycles. The highest BCUT2D eigenvalue weighted by Crippen LogP contribution is 2.40. The van der Waals surface area contributed by atoms with Gasteiger partial charge in [-0.05, 0) is 43.1 Å². The molecule has 3 rings (SSSR count). The van der Waals surface area contributed by atoms with Crippen molar-refractivity contribution >= 4 is 45.9 Å². The zero-order chi connectivity index (χ0) is 18.7. The summed E-state index contributed by atoms with van der Waals surface area (Å²) in [7, 11) is 0. The molecule has 0 spiro atoms. The molecule has 0 aromatic carbocycles. The highest BCUT2D eigenvalue weighted by Gasteiger charge is 2.29. The summed E-state index contributed by atoms with van der Waals surface area (Å²) in [5, 5.41) is 5.17. The summed E-state index contributed by atoms with van der Waals surface area (Å²) in [5.74, 6) is 0.0986. The number of thiophene rings is 1. The number of nitrogens with zero attached hydrogens (tertiary/aromatic N) is 1. The van der Waals surface area contributed by atoms with Crippen molar-refractivity contribution in [2.45, 2.75) is 33.1 Å². The number of hydrogen-bond acceptors (Lipinski definition) is 6. The Labute approximate surface area is 161 Å². The number of rotatable bonds is 5. The van der Waals surface area contributed by atoms with Gasteiger partial charge in [0, 0.05) is 11.1 Å². The number of carbonyl (C=O) groups excluding carboxylic acids is 3. The molecule has 0 fully saturated rings. The first-order chi connectivity index (χ1) is 12.5. The van der Waals surface area contributed by atoms with Gasteiger partial charge in [-0.25, -0.2) is 4.79 Å². The van der Waals surface area contributed by atoms with Crippen LogP contribution in [-0.2, 0) is 27.2 Å². The Balaban J connectivity index is 1.81. The van der Waals surface area contributed by atoms with Crippen LogP contribution in [0.5, 0.6) is 0 Å². The van der Waals surface area contributed by atoms with Crippen molar-refractivity contribution in [3.63, 3.8) is 0 Å². The van der Waals surface area contributed by atoms with Crippen molar-refractivity contribution in [2.24, 2.45) is 5.92 Å². The summed E-state index contributed by atoms with van der Waals surface area (Å²) in [5.41, 5.74) is 1.50. The molecular formula is C18H22N2O4S2. The number of anilines is 1. The number of hydrogen-bond donors (Lipinski definition) is 1. The minimum atomic E-state index is -0.389. The number of carbonyl (C=O) groups is 3. The summed E-state index contributed by atoms with van der Waals surface area (Å²) in [4.78, 5) is 39.3. The molecule has 1 aromatic heterocycles. The maximum Gasteiger partial charge on any atom is 0.341 e. The van der Waals surface area contributed by atoms with E-state index >= 15 is 0 Å². The number of thioether (sulfide) groups is 1. The van der Waals surface area contributed by atoms with Crippen LogP contribution >= 0.6 is 23.1 Å². The molecule has 0 saturated carbocycles. The van der Waals surface area contributed by atoms with Gasteiger partial charge in [0.25, 0.3) is 0 Å². The minimum absolute atomic E-state index is 0.0584. The molecule has 1 aliphatic heterocycles. The average molecular weight is 395 g/mol. The van der Waals surface area contributed by atoms with Crippen LogP contribution in [0.2, 0.25) is 0 Å². The fourth-order valence-electron chi connectivity index (χ4n) is 3.12. The third-order valence-corrected chi connectivity index (χ3v) is 6.32. The van der Waals surface area contributed by atoms with E-state index in [1.165, 1.54) is 28.0 Å². The van der Waals surface area contributed by atoms with Gasteiger partial charge in [0.1, 0.15) is 11.5 Å². The first kappa shape index (κ1) is 19.0. The van der Waals surface area contributed by atoms with Gasteiger partial charge in [-0.1, -0.05) is 6.92 Å². The van der Waals surface area contributed by atoms with E-state index in [1.54, 1.807) is 18.5 Å². The average Bonchev–Trinajstić information content (AvgIpc) is 2.93. The Hall–Kier alpha value is -1.80. The van der Waals surface area contributed by atoms with Crippen molar-refractivity contribution in [1.82, 2.24) is 4.90 Å². The quantitative estimate of drug-likeness (QED) is 0.777. The molecule has 2 aliphatic rings. The maximum atomic E-state index is 12.5. The fourth-order valence-corrected chi connectivity index (χ4v) is 5.17. The third kappa shape index (κ3) is 4.12. The van der Waals surface area contributed by atoms with Crippen molar-refractivity contribution in [3.05, 3.63) is 27.6 Å². The summed E-state index contributed by atoms with van der Waals surface area (Å²) < 4.78 is 5.21. The Kier molecular flexibility index (Phi) is 6.03. The van der Waals surface area contributed by atoms with Gasteiger partial charge in [0.15, 0.2) is 0 Å². The SMILES string of the molecule is CCOC(=O)c1c(NC(=O)CN2C=CSCC2=O)sc2c1CCC(C)C2. The summed E-state index contributed by atoms with van der Waals surface area (Å²) in [6.07, 6.45) is 4.37. The Morgan fingerprint density at radius 3 is 2.96 bits per heavy atom. The van der Waals surface area contributed by atoms with Crippen LogP contribution in [0.15, 0.2) is 11.6 Å². The number of esters is 1. The van der Waals surface area contributed by atoms with Gasteiger partial charge in [-0.3, -0.25) is 9.59 Å². The number of nitrogens with one attached hydrogen (secondary N) is 1. The van der Waals surface area contributed by atoms with E-state index in [0.29, 0.717) is 22.2 Å². The van der Waals surface area contributed by atoms with Gasteiger partial charge >= 0.3 is 5.97 Å². The van der Waals surface area contributed by atoms with Crippen molar-refractivity contribution < 1.29 is 19.1 Å². The molecule has 6 nitrogen and oxygen atoms in total. The number of fused-ring (bicyclic) bond motifs is 1. The van der Waals surface area contributed by atoms with Crippen LogP contribution in [-0.4, -0.2) is 41.6 Å². The lowest BCUT2D eigenvalue weighted by Crippen LogP contribution is -2.36. The highest BCUT2D eigenvalue weighted by molar-refractivity contribution is 8.02. The third-order valence-electron chi connectivity index (χ3n) is 4.42. The fraction of sp³-hybridized carbons (Fsp3) is 0.500. The molecule has 140 valence electrons. The molecule has 0 bridgehead atoms. The van der Waals surface area contributed by atoms with Crippen LogP contribution in [0.3, 0.4) is 0 Å². The van der Waals surface area contributed by atoms with E-state index < -0.39 is 0 Å². The largest absolute Gasteiger partial charge is 0.462 e. The van der Waals surface area contributed by atoms with E-state index in [0.717, 1.165) is 29.7 Å². The second-order valence-electron chi connectivity index (χ2n) is 6.44. The van der Waals surface area contributed by atoms with Gasteiger partial charge in [-0.15, -0.1) is 23.1 Å². The van der Waals surface area contributed by atoms with Crippen LogP contribution in [0.1, 0.15) is 41.1 Å². The molecule has 1 aromatic rings. The number of amides is 2. The Morgan fingerprint density at radius 2 is 2.23 bits per heavy atom. The lowest BCUT2D eigenvalue weighted by molar-refractivity contribution is -0.129. The van der Waals surface area contributed by atoms with Crippen molar-refractivity contribution in [1.29, 1.82) is 0 Å². The van der Waals surface area contributed by atoms with Crippen LogP contribution in [0.25, 0.3) is 0 Å². The molecule has 8 heteroatoms. The first-order valence-corrected chi connectivity index (χ1v) is 10.5. The van der Waals surface area contributed by atoms with Crippen LogP contribution in [0.4, 0.5) is 5.00 Å². The van der Waals surface area contributed by atoms with Gasteiger partial charge in [-0.2, -0.15) is 0 Å². The van der Waals surface area contributed by atoms with E-state index in [2.05, 4.69) is 12.2 Å². The topological polar surface area (TPSA) is 75.7 Å². The lowest BCUT2D eigenvalue weighted by atomic mass is 9.88. The molecule has 1 unspecified atom stereocenters. The zero-order valence-electron chi connectivity index (χ0n) is 14.9. The minimum Gasteiger partial charge on any atom is -0.462 e. The Morgan fingerprint density at radius 1 is 1.42 bits per heavy atom. The molecule has 2 amide bonds. The molecule has 0 saturated heterocycles. The molecular weight excluding hydrogens is 372 g/mol. The predicted octanol–water partition coefficient (Wildman–Crippen LogP) is 3.03. The van der Waals surface area contributed by atoms with E-state index in [9.17, 15) is 14.4 Å². The highest BCUT2D eigenvalue weighted by atomic mass is 32.2. The molecule has 1 N–H and O–H groups in total. The van der Waals surface area contributed by atoms with Crippen molar-refractivity contribution in [3.8, 4) is 0 Å². The smallest absolute Gasteiger partial charge is 0.341 e. The van der Waals surface area contributed by atoms with Crippen LogP contribution in [0, 0.1) is 5.92 Å². The molecule has 26 heavy (non-hydrogen) atoms. The molecule has 1 atom stereocenters. The lowest BCUT2D eigenvalue weighted by Gasteiger charge is -2.20. The predicted molar refractivity (Wildman–Crippen MR) is 103 cm³/mol. The summed E-state index contributed by atoms with van der Waals surface area (Å²) in [6, 6.07) is 0.